The number of hydrogen-bond donors (Lipinski definition) is 8. The number of nitrogens with one attached hydrogen (secondary N) is 3. The molecule has 0 radical (unpaired) electrons. The average Bonchev–Trinajstić information content (AvgIpc) is 2.53. The molecule has 0 spiro atoms. The van der Waals surface area contributed by atoms with Gasteiger partial charge in [0, 0.05) is 28.7 Å². The fraction of sp³-hybridized carbons (Fsp3) is 0.545. The molecule has 2 atom stereocenters. The molecule has 0 bridgehead atoms. The van der Waals surface area contributed by atoms with E-state index in [1.165, 1.54) is 0 Å². The van der Waals surface area contributed by atoms with Crippen LogP contribution in [0, 0.1) is 10.3 Å². The Bertz CT molecular complexity index is 527. The van der Waals surface area contributed by atoms with Gasteiger partial charge in [-0.2, -0.15) is 0 Å². The van der Waals surface area contributed by atoms with Crippen LogP contribution in [0.1, 0.15) is 12.8 Å². The summed E-state index contributed by atoms with van der Waals surface area (Å²) in [7, 11) is 0. The smallest absolute Gasteiger partial charge is 0.322 e. The number of guanidine groups is 1. The second-order valence-electron chi connectivity index (χ2n) is 4.54. The Morgan fingerprint density at radius 1 is 1.19 bits per heavy atom. The number of carboxylic acids is 2. The summed E-state index contributed by atoms with van der Waals surface area (Å²) in [5.41, 5.74) is 14.2. The normalized spacial score (nSPS) is 11.7. The minimum absolute atomic E-state index is 0.135. The van der Waals surface area contributed by atoms with Gasteiger partial charge in [0.25, 0.3) is 0 Å². The SMILES string of the molecule is N=C(N)N.N[C@@H](CCC(=O)N[C@@H](CSN=O)C(=O)NCC(=O)O)C(=O)O. The quantitative estimate of drug-likeness (QED) is 0.0761. The standard InChI is InChI=1S/C10H16N4O7S.CH5N3/c11-5(10(19)20)1-2-7(15)13-6(4-22-14-21)9(18)12-3-8(16)17;2-1(3)4/h5-6H,1-4,11H2,(H,12,18)(H,13,15)(H,16,17)(H,19,20);(H5,2,3,4)/t5-,6-;/m0./s1. The Kier molecular flexibility index (Phi) is 14.0. The molecule has 0 aliphatic carbocycles. The van der Waals surface area contributed by atoms with Gasteiger partial charge >= 0.3 is 11.9 Å². The van der Waals surface area contributed by atoms with Crippen LogP contribution in [-0.4, -0.2) is 64.3 Å². The molecule has 0 saturated heterocycles. The molecule has 26 heavy (non-hydrogen) atoms. The number of nitrogens with zero attached hydrogens (tertiary/aromatic N) is 1. The van der Waals surface area contributed by atoms with E-state index in [0.717, 1.165) is 0 Å². The first-order valence-electron chi connectivity index (χ1n) is 6.82. The van der Waals surface area contributed by atoms with Gasteiger partial charge in [0.05, 0.1) is 0 Å². The number of amides is 2. The fourth-order valence-electron chi connectivity index (χ4n) is 1.25. The van der Waals surface area contributed by atoms with Crippen LogP contribution in [-0.2, 0) is 19.2 Å². The maximum absolute atomic E-state index is 11.7. The van der Waals surface area contributed by atoms with Crippen molar-refractivity contribution in [1.29, 1.82) is 5.41 Å². The summed E-state index contributed by atoms with van der Waals surface area (Å²) >= 11 is 0.478. The van der Waals surface area contributed by atoms with Crippen LogP contribution < -0.4 is 27.8 Å². The van der Waals surface area contributed by atoms with Gasteiger partial charge in [0.2, 0.25) is 11.8 Å². The second-order valence-corrected chi connectivity index (χ2v) is 5.28. The molecule has 0 unspecified atom stereocenters. The highest BCUT2D eigenvalue weighted by Gasteiger charge is 2.22. The third-order valence-corrected chi connectivity index (χ3v) is 2.95. The molecule has 0 heterocycles. The summed E-state index contributed by atoms with van der Waals surface area (Å²) in [6, 6.07) is -2.38. The van der Waals surface area contributed by atoms with Crippen LogP contribution in [0.25, 0.3) is 0 Å². The van der Waals surface area contributed by atoms with Gasteiger partial charge in [0.15, 0.2) is 5.96 Å². The van der Waals surface area contributed by atoms with E-state index in [1.807, 2.05) is 0 Å². The lowest BCUT2D eigenvalue weighted by Crippen LogP contribution is -2.49. The van der Waals surface area contributed by atoms with E-state index in [9.17, 15) is 24.1 Å². The molecule has 0 aromatic carbocycles. The van der Waals surface area contributed by atoms with E-state index in [1.54, 1.807) is 0 Å². The predicted molar refractivity (Wildman–Crippen MR) is 91.8 cm³/mol. The number of carboxylic acid groups (broad SMARTS) is 2. The van der Waals surface area contributed by atoms with Crippen LogP contribution >= 0.6 is 11.9 Å². The Morgan fingerprint density at radius 2 is 1.73 bits per heavy atom. The Hall–Kier alpha value is -2.94. The number of aliphatic carboxylic acids is 2. The van der Waals surface area contributed by atoms with Crippen molar-refractivity contribution < 1.29 is 29.4 Å². The maximum atomic E-state index is 11.7. The zero-order valence-electron chi connectivity index (χ0n) is 13.5. The van der Waals surface area contributed by atoms with E-state index in [4.69, 9.17) is 21.4 Å². The second kappa shape index (κ2) is 14.4. The molecule has 0 aromatic rings. The summed E-state index contributed by atoms with van der Waals surface area (Å²) in [5.74, 6) is -4.50. The molecule has 0 saturated carbocycles. The van der Waals surface area contributed by atoms with Crippen molar-refractivity contribution in [3.8, 4) is 0 Å². The summed E-state index contributed by atoms with van der Waals surface area (Å²) in [6.45, 7) is -0.645. The van der Waals surface area contributed by atoms with Gasteiger partial charge in [-0.15, -0.1) is 4.91 Å². The fourth-order valence-corrected chi connectivity index (χ4v) is 1.70. The van der Waals surface area contributed by atoms with Gasteiger partial charge < -0.3 is 38.0 Å². The zero-order chi connectivity index (χ0) is 20.7. The third kappa shape index (κ3) is 15.9. The highest BCUT2D eigenvalue weighted by molar-refractivity contribution is 7.97. The lowest BCUT2D eigenvalue weighted by Gasteiger charge is -2.16. The van der Waals surface area contributed by atoms with Crippen molar-refractivity contribution >= 4 is 41.7 Å². The third-order valence-electron chi connectivity index (χ3n) is 2.36. The summed E-state index contributed by atoms with van der Waals surface area (Å²) in [6.07, 6.45) is -0.376. The molecule has 2 amide bonds. The van der Waals surface area contributed by atoms with Crippen molar-refractivity contribution in [3.63, 3.8) is 0 Å². The molecule has 0 aliphatic rings. The number of nitroso groups, excluding NO2 is 1. The van der Waals surface area contributed by atoms with E-state index >= 15 is 0 Å². The molecule has 15 heteroatoms. The molecular formula is C11H21N7O7S. The molecule has 14 nitrogen and oxygen atoms in total. The Balaban J connectivity index is 0. The van der Waals surface area contributed by atoms with Crippen molar-refractivity contribution in [2.75, 3.05) is 12.3 Å². The highest BCUT2D eigenvalue weighted by atomic mass is 32.2. The summed E-state index contributed by atoms with van der Waals surface area (Å²) in [4.78, 5) is 54.2. The van der Waals surface area contributed by atoms with Crippen LogP contribution in [0.15, 0.2) is 4.58 Å². The molecule has 148 valence electrons. The zero-order valence-corrected chi connectivity index (χ0v) is 14.3. The van der Waals surface area contributed by atoms with Crippen LogP contribution in [0.5, 0.6) is 0 Å². The van der Waals surface area contributed by atoms with Crippen LogP contribution in [0.3, 0.4) is 0 Å². The average molecular weight is 395 g/mol. The van der Waals surface area contributed by atoms with Crippen molar-refractivity contribution in [2.45, 2.75) is 24.9 Å². The summed E-state index contributed by atoms with van der Waals surface area (Å²) < 4.78 is 2.48. The highest BCUT2D eigenvalue weighted by Crippen LogP contribution is 2.05. The number of carbonyl (C=O) groups is 4. The Morgan fingerprint density at radius 3 is 2.15 bits per heavy atom. The Labute approximate surface area is 151 Å². The first-order chi connectivity index (χ1) is 12.0. The van der Waals surface area contributed by atoms with Gasteiger partial charge in [-0.25, -0.2) is 0 Å². The van der Waals surface area contributed by atoms with Crippen molar-refractivity contribution in [3.05, 3.63) is 4.91 Å². The van der Waals surface area contributed by atoms with E-state index in [2.05, 4.69) is 26.7 Å². The van der Waals surface area contributed by atoms with Crippen molar-refractivity contribution in [2.24, 2.45) is 21.8 Å². The van der Waals surface area contributed by atoms with E-state index < -0.39 is 42.4 Å². The first kappa shape index (κ1) is 25.3. The topological polar surface area (TPSA) is 264 Å². The van der Waals surface area contributed by atoms with Gasteiger partial charge in [-0.1, -0.05) is 0 Å². The van der Waals surface area contributed by atoms with E-state index in [0.29, 0.717) is 11.9 Å². The molecule has 0 fully saturated rings. The summed E-state index contributed by atoms with van der Waals surface area (Å²) in [5, 5.41) is 27.4. The van der Waals surface area contributed by atoms with Crippen LogP contribution in [0.4, 0.5) is 0 Å². The van der Waals surface area contributed by atoms with Gasteiger partial charge in [0.1, 0.15) is 18.6 Å². The van der Waals surface area contributed by atoms with Gasteiger partial charge in [-0.05, 0) is 6.42 Å². The first-order valence-corrected chi connectivity index (χ1v) is 7.76. The van der Waals surface area contributed by atoms with Crippen LogP contribution in [0.2, 0.25) is 0 Å². The molecule has 0 rings (SSSR count). The molecule has 0 aliphatic heterocycles. The number of hydrogen-bond acceptors (Lipinski definition) is 9. The molecule has 11 N–H and O–H groups in total. The maximum Gasteiger partial charge on any atom is 0.322 e. The van der Waals surface area contributed by atoms with Crippen molar-refractivity contribution in [1.82, 2.24) is 10.6 Å². The predicted octanol–water partition coefficient (Wildman–Crippen LogP) is -2.88. The number of carbonyl (C=O) groups excluding carboxylic acids is 2. The lowest BCUT2D eigenvalue weighted by atomic mass is 10.1. The number of nitrogens with two attached hydrogens (primary N) is 3. The van der Waals surface area contributed by atoms with Gasteiger partial charge in [-0.3, -0.25) is 24.6 Å². The van der Waals surface area contributed by atoms with E-state index in [-0.39, 0.29) is 24.6 Å². The lowest BCUT2D eigenvalue weighted by molar-refractivity contribution is -0.139. The molecule has 0 aromatic heterocycles. The minimum Gasteiger partial charge on any atom is -0.480 e. The molecular weight excluding hydrogens is 374 g/mol. The minimum atomic E-state index is -1.27. The number of rotatable bonds is 11. The monoisotopic (exact) mass is 395 g/mol. The largest absolute Gasteiger partial charge is 0.480 e.